The molecule has 3 heterocycles. The molecule has 76 heavy (non-hydrogen) atoms. The topological polar surface area (TPSA) is 56.5 Å². The highest BCUT2D eigenvalue weighted by atomic mass is 15.0. The van der Waals surface area contributed by atoms with Gasteiger partial charge in [0.25, 0.3) is 0 Å². The van der Waals surface area contributed by atoms with Crippen LogP contribution in [0.5, 0.6) is 0 Å². The van der Waals surface area contributed by atoms with Gasteiger partial charge in [-0.15, -0.1) is 0 Å². The first-order valence-electron chi connectivity index (χ1n) is 26.1. The Bertz CT molecular complexity index is 4660. The molecule has 5 heteroatoms. The van der Waals surface area contributed by atoms with Gasteiger partial charge >= 0.3 is 0 Å². The van der Waals surface area contributed by atoms with Crippen molar-refractivity contribution in [3.63, 3.8) is 0 Å². The summed E-state index contributed by atoms with van der Waals surface area (Å²) in [6.07, 6.45) is 3.87. The highest BCUT2D eigenvalue weighted by Crippen LogP contribution is 2.50. The summed E-state index contributed by atoms with van der Waals surface area (Å²) in [5.41, 5.74) is 20.6. The second-order valence-electron chi connectivity index (χ2n) is 20.9. The molecule has 0 bridgehead atoms. The molecule has 0 saturated heterocycles. The van der Waals surface area contributed by atoms with Crippen molar-refractivity contribution in [2.24, 2.45) is 0 Å². The van der Waals surface area contributed by atoms with Crippen LogP contribution in [0.15, 0.2) is 237 Å². The number of aromatic nitrogens is 5. The fourth-order valence-electron chi connectivity index (χ4n) is 12.7. The lowest BCUT2D eigenvalue weighted by molar-refractivity contribution is 0.660. The van der Waals surface area contributed by atoms with E-state index in [1.165, 1.54) is 54.6 Å². The lowest BCUT2D eigenvalue weighted by Gasteiger charge is -2.22. The van der Waals surface area contributed by atoms with E-state index < -0.39 is 0 Å². The molecule has 0 fully saturated rings. The Hall–Kier alpha value is -9.84. The highest BCUT2D eigenvalue weighted by molar-refractivity contribution is 6.24. The maximum absolute atomic E-state index is 5.36. The number of benzene rings is 12. The van der Waals surface area contributed by atoms with Gasteiger partial charge in [0.1, 0.15) is 0 Å². The molecule has 0 spiro atoms. The fourth-order valence-corrected chi connectivity index (χ4v) is 12.7. The SMILES string of the molecule is CC1(C)c2ccccc2-c2ccc(-n3c4ccc(-c5cccc(-c6cnc7c8ccccc8c8ccccc8c7n6)c5)cc4c4cc(-c5cccc(-c6cnc7c8ccccc8c8ccccc8c7n6)c5)ccc43)cc21. The van der Waals surface area contributed by atoms with E-state index in [4.69, 9.17) is 19.9 Å². The van der Waals surface area contributed by atoms with Crippen molar-refractivity contribution < 1.29 is 0 Å². The lowest BCUT2D eigenvalue weighted by Crippen LogP contribution is -2.15. The van der Waals surface area contributed by atoms with Gasteiger partial charge in [-0.1, -0.05) is 190 Å². The third-order valence-corrected chi connectivity index (χ3v) is 16.4. The molecule has 15 aromatic rings. The summed E-state index contributed by atoms with van der Waals surface area (Å²) in [5.74, 6) is 0. The molecule has 1 aliphatic carbocycles. The number of hydrogen-bond donors (Lipinski definition) is 0. The molecule has 354 valence electrons. The Labute approximate surface area is 438 Å². The molecule has 0 radical (unpaired) electrons. The third kappa shape index (κ3) is 6.26. The van der Waals surface area contributed by atoms with Crippen LogP contribution in [0.3, 0.4) is 0 Å². The van der Waals surface area contributed by atoms with Crippen LogP contribution in [-0.2, 0) is 5.41 Å². The molecule has 1 aliphatic rings. The minimum atomic E-state index is -0.135. The average molecular weight is 968 g/mol. The van der Waals surface area contributed by atoms with Gasteiger partial charge < -0.3 is 4.57 Å². The molecule has 0 unspecified atom stereocenters. The summed E-state index contributed by atoms with van der Waals surface area (Å²) >= 11 is 0. The standard InChI is InChI=1S/C71H45N5/c1-71(2)61-28-12-11-23-53(61)54-32-31-48(39-62(54)71)76-65-33-29-44(42-15-13-17-46(35-42)63-40-72-67-55-24-7-3-19-49(55)51-21-5-9-26-57(51)69(67)74-63)37-59(65)60-38-45(30-34-66(60)76)43-16-14-18-47(36-43)64-41-73-68-56-25-8-4-20-50(56)52-22-6-10-27-58(52)70(68)75-64/h3-41H,1-2H3. The van der Waals surface area contributed by atoms with E-state index in [2.05, 4.69) is 243 Å². The number of fused-ring (bicyclic) bond motifs is 18. The zero-order valence-corrected chi connectivity index (χ0v) is 41.8. The predicted octanol–water partition coefficient (Wildman–Crippen LogP) is 18.3. The Kier molecular flexibility index (Phi) is 9.02. The molecule has 0 amide bonds. The largest absolute Gasteiger partial charge is 0.309 e. The van der Waals surface area contributed by atoms with Crippen LogP contribution in [0, 0.1) is 0 Å². The van der Waals surface area contributed by atoms with Gasteiger partial charge in [0.15, 0.2) is 0 Å². The summed E-state index contributed by atoms with van der Waals surface area (Å²) in [5, 5.41) is 11.6. The average Bonchev–Trinajstić information content (AvgIpc) is 3.94. The first-order valence-corrected chi connectivity index (χ1v) is 26.1. The molecule has 16 rings (SSSR count). The zero-order chi connectivity index (χ0) is 50.2. The van der Waals surface area contributed by atoms with E-state index in [0.29, 0.717) is 0 Å². The van der Waals surface area contributed by atoms with Gasteiger partial charge in [-0.2, -0.15) is 0 Å². The van der Waals surface area contributed by atoms with Crippen LogP contribution in [-0.4, -0.2) is 24.5 Å². The van der Waals surface area contributed by atoms with E-state index in [1.54, 1.807) is 0 Å². The maximum Gasteiger partial charge on any atom is 0.0979 e. The second-order valence-corrected chi connectivity index (χ2v) is 20.9. The van der Waals surface area contributed by atoms with Crippen molar-refractivity contribution in [3.8, 4) is 61.6 Å². The Morgan fingerprint density at radius 2 is 0.711 bits per heavy atom. The van der Waals surface area contributed by atoms with Crippen LogP contribution in [0.25, 0.3) is 149 Å². The highest BCUT2D eigenvalue weighted by Gasteiger charge is 2.35. The molecule has 0 N–H and O–H groups in total. The number of rotatable bonds is 5. The Morgan fingerprint density at radius 3 is 1.21 bits per heavy atom. The number of nitrogens with zero attached hydrogens (tertiary/aromatic N) is 5. The van der Waals surface area contributed by atoms with Crippen molar-refractivity contribution in [1.82, 2.24) is 24.5 Å². The smallest absolute Gasteiger partial charge is 0.0979 e. The lowest BCUT2D eigenvalue weighted by atomic mass is 9.82. The Morgan fingerprint density at radius 1 is 0.303 bits per heavy atom. The molecule has 0 aliphatic heterocycles. The second kappa shape index (κ2) is 16.1. The van der Waals surface area contributed by atoms with Gasteiger partial charge in [-0.25, -0.2) is 9.97 Å². The van der Waals surface area contributed by atoms with Gasteiger partial charge in [0, 0.05) is 54.5 Å². The molecule has 0 atom stereocenters. The van der Waals surface area contributed by atoms with Crippen molar-refractivity contribution in [3.05, 3.63) is 248 Å². The van der Waals surface area contributed by atoms with Crippen LogP contribution in [0.2, 0.25) is 0 Å². The van der Waals surface area contributed by atoms with Crippen LogP contribution in [0.4, 0.5) is 0 Å². The van der Waals surface area contributed by atoms with Gasteiger partial charge in [-0.05, 0) is 115 Å². The molecule has 5 nitrogen and oxygen atoms in total. The van der Waals surface area contributed by atoms with Crippen LogP contribution >= 0.6 is 0 Å². The van der Waals surface area contributed by atoms with E-state index in [9.17, 15) is 0 Å². The van der Waals surface area contributed by atoms with Crippen molar-refractivity contribution in [2.75, 3.05) is 0 Å². The monoisotopic (exact) mass is 967 g/mol. The zero-order valence-electron chi connectivity index (χ0n) is 41.8. The molecular formula is C71H45N5. The minimum absolute atomic E-state index is 0.135. The fraction of sp³-hybridized carbons (Fsp3) is 0.0423. The summed E-state index contributed by atoms with van der Waals surface area (Å²) in [7, 11) is 0. The summed E-state index contributed by atoms with van der Waals surface area (Å²) < 4.78 is 2.46. The van der Waals surface area contributed by atoms with Crippen molar-refractivity contribution in [1.29, 1.82) is 0 Å². The van der Waals surface area contributed by atoms with Gasteiger partial charge in [0.05, 0.1) is 56.9 Å². The van der Waals surface area contributed by atoms with Crippen molar-refractivity contribution in [2.45, 2.75) is 19.3 Å². The van der Waals surface area contributed by atoms with Gasteiger partial charge in [-0.3, -0.25) is 9.97 Å². The summed E-state index contributed by atoms with van der Waals surface area (Å²) in [6.45, 7) is 4.71. The first kappa shape index (κ1) is 42.6. The summed E-state index contributed by atoms with van der Waals surface area (Å²) in [4.78, 5) is 20.9. The summed E-state index contributed by atoms with van der Waals surface area (Å²) in [6, 6.07) is 81.5. The van der Waals surface area contributed by atoms with Crippen LogP contribution in [0.1, 0.15) is 25.0 Å². The predicted molar refractivity (Wildman–Crippen MR) is 316 cm³/mol. The number of hydrogen-bond acceptors (Lipinski definition) is 4. The van der Waals surface area contributed by atoms with E-state index >= 15 is 0 Å². The first-order chi connectivity index (χ1) is 37.4. The molecule has 3 aromatic heterocycles. The minimum Gasteiger partial charge on any atom is -0.309 e. The molecular weight excluding hydrogens is 923 g/mol. The maximum atomic E-state index is 5.36. The Balaban J connectivity index is 0.848. The quantitative estimate of drug-likeness (QED) is 0.161. The van der Waals surface area contributed by atoms with Crippen molar-refractivity contribution >= 4 is 87.0 Å². The normalized spacial score (nSPS) is 13.0. The van der Waals surface area contributed by atoms with E-state index in [0.717, 1.165) is 105 Å². The van der Waals surface area contributed by atoms with Gasteiger partial charge in [0.2, 0.25) is 0 Å². The van der Waals surface area contributed by atoms with E-state index in [1.807, 2.05) is 12.4 Å². The molecule has 12 aromatic carbocycles. The van der Waals surface area contributed by atoms with Crippen LogP contribution < -0.4 is 0 Å². The van der Waals surface area contributed by atoms with E-state index in [-0.39, 0.29) is 5.41 Å². The molecule has 0 saturated carbocycles. The third-order valence-electron chi connectivity index (χ3n) is 16.4.